The van der Waals surface area contributed by atoms with Crippen LogP contribution in [-0.4, -0.2) is 42.3 Å². The van der Waals surface area contributed by atoms with Crippen LogP contribution in [0.15, 0.2) is 24.3 Å². The molecule has 2 bridgehead atoms. The Hall–Kier alpha value is -2.01. The number of nitrogens with zero attached hydrogens (tertiary/aromatic N) is 2. The van der Waals surface area contributed by atoms with E-state index in [9.17, 15) is 4.79 Å². The molecule has 1 aliphatic carbocycles. The second kappa shape index (κ2) is 3.88. The van der Waals surface area contributed by atoms with Gasteiger partial charge in [0.05, 0.1) is 11.2 Å². The summed E-state index contributed by atoms with van der Waals surface area (Å²) in [5, 5.41) is 0. The van der Waals surface area contributed by atoms with Crippen LogP contribution in [0.4, 0.5) is 5.69 Å². The molecule has 3 fully saturated rings. The Morgan fingerprint density at radius 1 is 1.16 bits per heavy atom. The number of hydrogen-bond donors (Lipinski definition) is 0. The van der Waals surface area contributed by atoms with Gasteiger partial charge in [-0.2, -0.15) is 0 Å². The van der Waals surface area contributed by atoms with Crippen LogP contribution in [-0.2, 0) is 4.79 Å². The highest BCUT2D eigenvalue weighted by molar-refractivity contribution is 6.01. The zero-order valence-electron chi connectivity index (χ0n) is 14.0. The molecule has 6 aliphatic rings. The largest absolute Gasteiger partial charge is 0.454 e. The van der Waals surface area contributed by atoms with Gasteiger partial charge in [0.1, 0.15) is 0 Å². The predicted octanol–water partition coefficient (Wildman–Crippen LogP) is 2.41. The van der Waals surface area contributed by atoms with Crippen LogP contribution >= 0.6 is 0 Å². The van der Waals surface area contributed by atoms with E-state index in [0.29, 0.717) is 24.3 Å². The van der Waals surface area contributed by atoms with Crippen molar-refractivity contribution in [1.82, 2.24) is 4.90 Å². The van der Waals surface area contributed by atoms with E-state index < -0.39 is 0 Å². The Labute approximate surface area is 146 Å². The number of ether oxygens (including phenoxy) is 2. The summed E-state index contributed by atoms with van der Waals surface area (Å²) < 4.78 is 11.3. The van der Waals surface area contributed by atoms with Crippen molar-refractivity contribution < 1.29 is 14.3 Å². The first kappa shape index (κ1) is 13.2. The highest BCUT2D eigenvalue weighted by Gasteiger charge is 2.73. The van der Waals surface area contributed by atoms with Gasteiger partial charge in [-0.1, -0.05) is 12.2 Å². The number of hydrogen-bond acceptors (Lipinski definition) is 4. The molecule has 5 aliphatic heterocycles. The predicted molar refractivity (Wildman–Crippen MR) is 90.9 cm³/mol. The molecule has 0 aromatic heterocycles. The van der Waals surface area contributed by atoms with Gasteiger partial charge in [0.2, 0.25) is 12.7 Å². The molecule has 1 aromatic rings. The summed E-state index contributed by atoms with van der Waals surface area (Å²) in [6.07, 6.45) is 8.69. The van der Waals surface area contributed by atoms with Gasteiger partial charge in [-0.05, 0) is 37.4 Å². The van der Waals surface area contributed by atoms with Gasteiger partial charge in [-0.25, -0.2) is 0 Å². The summed E-state index contributed by atoms with van der Waals surface area (Å²) in [5.41, 5.74) is 2.40. The fourth-order valence-electron chi connectivity index (χ4n) is 7.15. The summed E-state index contributed by atoms with van der Waals surface area (Å²) in [7, 11) is 0. The fourth-order valence-corrected chi connectivity index (χ4v) is 7.15. The minimum atomic E-state index is -0.0598. The topological polar surface area (TPSA) is 42.0 Å². The summed E-state index contributed by atoms with van der Waals surface area (Å²) in [6.45, 7) is 2.44. The van der Waals surface area contributed by atoms with E-state index in [1.165, 1.54) is 5.56 Å². The highest BCUT2D eigenvalue weighted by atomic mass is 16.7. The molecule has 1 spiro atoms. The van der Waals surface area contributed by atoms with Gasteiger partial charge in [0, 0.05) is 36.4 Å². The lowest BCUT2D eigenvalue weighted by molar-refractivity contribution is -0.127. The normalized spacial score (nSPS) is 41.9. The molecule has 128 valence electrons. The lowest BCUT2D eigenvalue weighted by Gasteiger charge is -2.59. The molecule has 4 atom stereocenters. The van der Waals surface area contributed by atoms with Crippen molar-refractivity contribution in [2.24, 2.45) is 5.41 Å². The average Bonchev–Trinajstić information content (AvgIpc) is 3.25. The molecule has 0 radical (unpaired) electrons. The number of anilines is 1. The number of fused-ring (bicyclic) bond motifs is 4. The maximum atomic E-state index is 13.3. The van der Waals surface area contributed by atoms with Crippen LogP contribution in [0.2, 0.25) is 0 Å². The Bertz CT molecular complexity index is 880. The van der Waals surface area contributed by atoms with E-state index in [-0.39, 0.29) is 17.7 Å². The van der Waals surface area contributed by atoms with E-state index in [2.05, 4.69) is 34.1 Å². The number of piperidine rings is 2. The van der Waals surface area contributed by atoms with E-state index in [4.69, 9.17) is 9.47 Å². The van der Waals surface area contributed by atoms with Crippen LogP contribution in [0.3, 0.4) is 0 Å². The van der Waals surface area contributed by atoms with Crippen LogP contribution in [0, 0.1) is 5.41 Å². The van der Waals surface area contributed by atoms with Gasteiger partial charge in [-0.15, -0.1) is 0 Å². The maximum absolute atomic E-state index is 13.3. The summed E-state index contributed by atoms with van der Waals surface area (Å²) >= 11 is 0. The van der Waals surface area contributed by atoms with Crippen molar-refractivity contribution in [2.45, 2.75) is 43.2 Å². The Morgan fingerprint density at radius 2 is 2.04 bits per heavy atom. The fraction of sp³-hybridized carbons (Fsp3) is 0.550. The van der Waals surface area contributed by atoms with Crippen LogP contribution in [0.25, 0.3) is 0 Å². The smallest absolute Gasteiger partial charge is 0.231 e. The molecule has 5 nitrogen and oxygen atoms in total. The number of amides is 1. The van der Waals surface area contributed by atoms with Crippen molar-refractivity contribution >= 4 is 11.6 Å². The standard InChI is InChI=1S/C20H20N2O3/c23-17-10-19-3-1-6-21-7-2-13-12-8-15-16(25-11-24-15)9-14(12)22(17)20(13,5-4-19)18(19)21/h1,3,8-9,13,18H,2,4-7,10-11H2/t13-,18-,19+,20+/m1/s1. The molecule has 1 aromatic carbocycles. The van der Waals surface area contributed by atoms with Crippen molar-refractivity contribution in [1.29, 1.82) is 0 Å². The van der Waals surface area contributed by atoms with Gasteiger partial charge in [0.15, 0.2) is 11.5 Å². The van der Waals surface area contributed by atoms with Gasteiger partial charge in [-0.3, -0.25) is 9.69 Å². The van der Waals surface area contributed by atoms with Crippen molar-refractivity contribution in [3.05, 3.63) is 29.8 Å². The first-order valence-corrected chi connectivity index (χ1v) is 9.41. The first-order valence-electron chi connectivity index (χ1n) is 9.41. The average molecular weight is 336 g/mol. The molecule has 5 heterocycles. The second-order valence-electron chi connectivity index (χ2n) is 8.54. The monoisotopic (exact) mass is 336 g/mol. The van der Waals surface area contributed by atoms with E-state index in [1.54, 1.807) is 0 Å². The zero-order chi connectivity index (χ0) is 16.4. The molecule has 7 rings (SSSR count). The van der Waals surface area contributed by atoms with E-state index in [1.807, 2.05) is 0 Å². The number of benzene rings is 1. The summed E-state index contributed by atoms with van der Waals surface area (Å²) in [5.74, 6) is 2.36. The van der Waals surface area contributed by atoms with Crippen LogP contribution < -0.4 is 14.4 Å². The van der Waals surface area contributed by atoms with Crippen molar-refractivity contribution in [3.63, 3.8) is 0 Å². The number of carbonyl (C=O) groups is 1. The van der Waals surface area contributed by atoms with Crippen molar-refractivity contribution in [3.8, 4) is 11.5 Å². The minimum Gasteiger partial charge on any atom is -0.454 e. The molecule has 0 unspecified atom stereocenters. The molecule has 5 heteroatoms. The lowest BCUT2D eigenvalue weighted by Crippen LogP contribution is -2.72. The molecule has 2 saturated heterocycles. The van der Waals surface area contributed by atoms with Crippen LogP contribution in [0.5, 0.6) is 11.5 Å². The second-order valence-corrected chi connectivity index (χ2v) is 8.54. The number of carbonyl (C=O) groups excluding carboxylic acids is 1. The van der Waals surface area contributed by atoms with E-state index >= 15 is 0 Å². The third-order valence-corrected chi connectivity index (χ3v) is 7.76. The summed E-state index contributed by atoms with van der Waals surface area (Å²) in [6, 6.07) is 4.69. The Kier molecular flexibility index (Phi) is 2.05. The molecule has 0 N–H and O–H groups in total. The molecule has 25 heavy (non-hydrogen) atoms. The molecular weight excluding hydrogens is 316 g/mol. The maximum Gasteiger partial charge on any atom is 0.231 e. The zero-order valence-corrected chi connectivity index (χ0v) is 14.0. The minimum absolute atomic E-state index is 0.0578. The Morgan fingerprint density at radius 3 is 2.96 bits per heavy atom. The van der Waals surface area contributed by atoms with Gasteiger partial charge in [0.25, 0.3) is 0 Å². The van der Waals surface area contributed by atoms with Gasteiger partial charge < -0.3 is 14.4 Å². The quantitative estimate of drug-likeness (QED) is 0.683. The molecule has 1 amide bonds. The Balaban J connectivity index is 1.52. The van der Waals surface area contributed by atoms with Gasteiger partial charge >= 0.3 is 0 Å². The third-order valence-electron chi connectivity index (χ3n) is 7.76. The first-order chi connectivity index (χ1) is 12.2. The number of rotatable bonds is 0. The molecular formula is C20H20N2O3. The van der Waals surface area contributed by atoms with Crippen molar-refractivity contribution in [2.75, 3.05) is 24.8 Å². The van der Waals surface area contributed by atoms with E-state index in [0.717, 1.165) is 49.5 Å². The highest BCUT2D eigenvalue weighted by Crippen LogP contribution is 2.69. The molecule has 1 saturated carbocycles. The SMILES string of the molecule is O=C1C[C@]23C=CCN4CC[C@@H]5c6cc7c(cc6N1[C@]5(CC2)[C@H]43)OCO7. The third kappa shape index (κ3) is 1.25. The summed E-state index contributed by atoms with van der Waals surface area (Å²) in [4.78, 5) is 18.2. The van der Waals surface area contributed by atoms with Crippen LogP contribution in [0.1, 0.15) is 37.2 Å². The lowest BCUT2D eigenvalue weighted by atomic mass is 9.63.